The maximum absolute atomic E-state index is 8.93. The van der Waals surface area contributed by atoms with Gasteiger partial charge in [-0.25, -0.2) is 0 Å². The van der Waals surface area contributed by atoms with Crippen LogP contribution >= 0.6 is 0 Å². The van der Waals surface area contributed by atoms with E-state index >= 15 is 0 Å². The van der Waals surface area contributed by atoms with Crippen LogP contribution in [0.3, 0.4) is 0 Å². The third-order valence-electron chi connectivity index (χ3n) is 1.22. The summed E-state index contributed by atoms with van der Waals surface area (Å²) >= 11 is 0. The Balaban J connectivity index is 2.86. The van der Waals surface area contributed by atoms with Crippen LogP contribution in [0.15, 0.2) is 0 Å². The molecule has 0 aliphatic heterocycles. The minimum Gasteiger partial charge on any atom is -0.393 e. The van der Waals surface area contributed by atoms with Gasteiger partial charge in [0.2, 0.25) is 0 Å². The summed E-state index contributed by atoms with van der Waals surface area (Å²) in [6.45, 7) is 5.71. The third kappa shape index (κ3) is 4.13. The van der Waals surface area contributed by atoms with E-state index in [1.807, 2.05) is 0 Å². The molecule has 1 atom stereocenters. The number of hydrogen-bond acceptors (Lipinski definition) is 1. The van der Waals surface area contributed by atoms with Crippen LogP contribution < -0.4 is 0 Å². The van der Waals surface area contributed by atoms with Crippen LogP contribution in [0.25, 0.3) is 0 Å². The van der Waals surface area contributed by atoms with Gasteiger partial charge >= 0.3 is 0 Å². The van der Waals surface area contributed by atoms with Gasteiger partial charge in [0, 0.05) is 0 Å². The van der Waals surface area contributed by atoms with E-state index in [2.05, 4.69) is 13.8 Å². The van der Waals surface area contributed by atoms with Gasteiger partial charge in [-0.15, -0.1) is 0 Å². The van der Waals surface area contributed by atoms with Gasteiger partial charge < -0.3 is 5.11 Å². The Morgan fingerprint density at radius 3 is 2.62 bits per heavy atom. The van der Waals surface area contributed by atoms with Crippen LogP contribution in [-0.2, 0) is 0 Å². The van der Waals surface area contributed by atoms with Crippen molar-refractivity contribution in [3.05, 3.63) is 6.92 Å². The zero-order valence-corrected chi connectivity index (χ0v) is 5.56. The van der Waals surface area contributed by atoms with Crippen LogP contribution in [0.4, 0.5) is 0 Å². The Hall–Kier alpha value is -0.0400. The van der Waals surface area contributed by atoms with E-state index in [4.69, 9.17) is 5.11 Å². The highest BCUT2D eigenvalue weighted by Crippen LogP contribution is 2.01. The fourth-order valence-electron chi connectivity index (χ4n) is 0.584. The van der Waals surface area contributed by atoms with Crippen LogP contribution in [0, 0.1) is 6.92 Å². The highest BCUT2D eigenvalue weighted by molar-refractivity contribution is 4.55. The van der Waals surface area contributed by atoms with Gasteiger partial charge in [0.15, 0.2) is 0 Å². The Bertz CT molecular complexity index is 43.7. The molecule has 0 spiro atoms. The molecule has 0 rings (SSSR count). The van der Waals surface area contributed by atoms with Crippen molar-refractivity contribution in [2.45, 2.75) is 38.7 Å². The lowest BCUT2D eigenvalue weighted by Crippen LogP contribution is -2.02. The first-order chi connectivity index (χ1) is 3.81. The normalized spacial score (nSPS) is 13.9. The molecule has 0 saturated carbocycles. The summed E-state index contributed by atoms with van der Waals surface area (Å²) in [5.41, 5.74) is 0. The molecule has 0 saturated heterocycles. The first-order valence-electron chi connectivity index (χ1n) is 3.28. The second-order valence-corrected chi connectivity index (χ2v) is 2.08. The van der Waals surface area contributed by atoms with E-state index in [0.29, 0.717) is 6.42 Å². The number of unbranched alkanes of at least 4 members (excludes halogenated alkanes) is 1. The lowest BCUT2D eigenvalue weighted by atomic mass is 10.1. The van der Waals surface area contributed by atoms with Crippen molar-refractivity contribution < 1.29 is 5.11 Å². The minimum absolute atomic E-state index is 0.157. The van der Waals surface area contributed by atoms with E-state index in [9.17, 15) is 0 Å². The zero-order valence-electron chi connectivity index (χ0n) is 5.56. The first kappa shape index (κ1) is 7.96. The second-order valence-electron chi connectivity index (χ2n) is 2.08. The molecule has 0 bridgehead atoms. The number of aliphatic hydroxyl groups is 1. The smallest absolute Gasteiger partial charge is 0.0540 e. The van der Waals surface area contributed by atoms with Gasteiger partial charge in [-0.2, -0.15) is 0 Å². The maximum Gasteiger partial charge on any atom is 0.0540 e. The van der Waals surface area contributed by atoms with Crippen LogP contribution in [0.1, 0.15) is 32.6 Å². The summed E-state index contributed by atoms with van der Waals surface area (Å²) in [5.74, 6) is 0. The predicted molar refractivity (Wildman–Crippen MR) is 35.5 cm³/mol. The predicted octanol–water partition coefficient (Wildman–Crippen LogP) is 1.76. The molecule has 8 heavy (non-hydrogen) atoms. The van der Waals surface area contributed by atoms with Gasteiger partial charge in [-0.3, -0.25) is 0 Å². The van der Waals surface area contributed by atoms with Gasteiger partial charge in [0.25, 0.3) is 0 Å². The molecule has 0 aromatic carbocycles. The number of hydrogen-bond donors (Lipinski definition) is 1. The number of rotatable bonds is 4. The summed E-state index contributed by atoms with van der Waals surface area (Å²) < 4.78 is 0. The van der Waals surface area contributed by atoms with Gasteiger partial charge in [-0.1, -0.05) is 26.7 Å². The molecule has 0 fully saturated rings. The average molecular weight is 115 g/mol. The quantitative estimate of drug-likeness (QED) is 0.592. The molecule has 1 heteroatoms. The zero-order chi connectivity index (χ0) is 6.41. The molecule has 0 amide bonds. The second kappa shape index (κ2) is 5.10. The Labute approximate surface area is 51.7 Å². The van der Waals surface area contributed by atoms with Crippen molar-refractivity contribution in [2.24, 2.45) is 0 Å². The van der Waals surface area contributed by atoms with Crippen LogP contribution in [-0.4, -0.2) is 11.2 Å². The summed E-state index contributed by atoms with van der Waals surface area (Å²) in [6, 6.07) is 0. The summed E-state index contributed by atoms with van der Waals surface area (Å²) in [5, 5.41) is 8.93. The maximum atomic E-state index is 8.93. The fraction of sp³-hybridized carbons (Fsp3) is 0.857. The van der Waals surface area contributed by atoms with Gasteiger partial charge in [0.1, 0.15) is 0 Å². The molecule has 1 radical (unpaired) electrons. The van der Waals surface area contributed by atoms with Crippen molar-refractivity contribution in [3.63, 3.8) is 0 Å². The van der Waals surface area contributed by atoms with Crippen molar-refractivity contribution in [1.29, 1.82) is 0 Å². The fourth-order valence-corrected chi connectivity index (χ4v) is 0.584. The molecular formula is C7H15O. The molecule has 1 nitrogen and oxygen atoms in total. The highest BCUT2D eigenvalue weighted by Gasteiger charge is 1.96. The van der Waals surface area contributed by atoms with Crippen molar-refractivity contribution in [1.82, 2.24) is 0 Å². The standard InChI is InChI=1S/C7H15O/c1-3-5-6-7(8)4-2/h7-8H,2-6H2,1H3. The van der Waals surface area contributed by atoms with E-state index in [1.165, 1.54) is 0 Å². The Kier molecular flexibility index (Phi) is 5.08. The molecule has 0 aromatic heterocycles. The molecule has 0 heterocycles. The molecule has 1 N–H and O–H groups in total. The SMILES string of the molecule is [CH2]CC(O)CCCC. The highest BCUT2D eigenvalue weighted by atomic mass is 16.3. The topological polar surface area (TPSA) is 20.2 Å². The van der Waals surface area contributed by atoms with E-state index in [0.717, 1.165) is 19.3 Å². The van der Waals surface area contributed by atoms with E-state index in [-0.39, 0.29) is 6.10 Å². The Morgan fingerprint density at radius 2 is 2.25 bits per heavy atom. The molecule has 1 unspecified atom stereocenters. The lowest BCUT2D eigenvalue weighted by molar-refractivity contribution is 0.164. The van der Waals surface area contributed by atoms with Gasteiger partial charge in [0.05, 0.1) is 6.10 Å². The summed E-state index contributed by atoms with van der Waals surface area (Å²) in [4.78, 5) is 0. The molecular weight excluding hydrogens is 100 g/mol. The molecule has 0 aromatic rings. The largest absolute Gasteiger partial charge is 0.393 e. The molecule has 0 aliphatic rings. The summed E-state index contributed by atoms with van der Waals surface area (Å²) in [6.07, 6.45) is 3.70. The summed E-state index contributed by atoms with van der Waals surface area (Å²) in [7, 11) is 0. The lowest BCUT2D eigenvalue weighted by Gasteiger charge is -2.03. The molecule has 0 aliphatic carbocycles. The average Bonchev–Trinajstić information content (AvgIpc) is 1.83. The first-order valence-corrected chi connectivity index (χ1v) is 3.28. The molecule has 49 valence electrons. The van der Waals surface area contributed by atoms with Crippen molar-refractivity contribution in [3.8, 4) is 0 Å². The minimum atomic E-state index is -0.157. The van der Waals surface area contributed by atoms with Crippen molar-refractivity contribution in [2.75, 3.05) is 0 Å². The third-order valence-corrected chi connectivity index (χ3v) is 1.22. The van der Waals surface area contributed by atoms with E-state index < -0.39 is 0 Å². The monoisotopic (exact) mass is 115 g/mol. The number of aliphatic hydroxyl groups excluding tert-OH is 1. The van der Waals surface area contributed by atoms with E-state index in [1.54, 1.807) is 0 Å². The van der Waals surface area contributed by atoms with Gasteiger partial charge in [-0.05, 0) is 12.8 Å². The van der Waals surface area contributed by atoms with Crippen LogP contribution in [0.2, 0.25) is 0 Å². The Morgan fingerprint density at radius 1 is 1.62 bits per heavy atom. The van der Waals surface area contributed by atoms with Crippen LogP contribution in [0.5, 0.6) is 0 Å². The van der Waals surface area contributed by atoms with Crippen molar-refractivity contribution >= 4 is 0 Å².